The summed E-state index contributed by atoms with van der Waals surface area (Å²) in [4.78, 5) is 15.2. The second kappa shape index (κ2) is 3.05. The summed E-state index contributed by atoms with van der Waals surface area (Å²) in [6, 6.07) is 3.60. The third-order valence-corrected chi connectivity index (χ3v) is 2.06. The van der Waals surface area contributed by atoms with E-state index < -0.39 is 5.97 Å². The van der Waals surface area contributed by atoms with Crippen LogP contribution >= 0.6 is 0 Å². The Kier molecular flexibility index (Phi) is 1.88. The SMILES string of the molecule is COC(=O)c1ccc2c(n1)NCC2. The average molecular weight is 178 g/mol. The van der Waals surface area contributed by atoms with Crippen molar-refractivity contribution in [3.63, 3.8) is 0 Å². The largest absolute Gasteiger partial charge is 0.464 e. The number of aromatic nitrogens is 1. The molecule has 0 amide bonds. The first-order valence-electron chi connectivity index (χ1n) is 4.13. The van der Waals surface area contributed by atoms with Crippen LogP contribution in [0.4, 0.5) is 5.82 Å². The normalized spacial score (nSPS) is 13.3. The molecule has 1 aliphatic rings. The molecule has 2 heterocycles. The van der Waals surface area contributed by atoms with Gasteiger partial charge in [-0.2, -0.15) is 0 Å². The van der Waals surface area contributed by atoms with Crippen molar-refractivity contribution in [1.29, 1.82) is 0 Å². The standard InChI is InChI=1S/C9H10N2O2/c1-13-9(12)7-3-2-6-4-5-10-8(6)11-7/h2-3H,4-5H2,1H3,(H,10,11). The molecule has 0 saturated carbocycles. The van der Waals surface area contributed by atoms with E-state index in [4.69, 9.17) is 0 Å². The van der Waals surface area contributed by atoms with Crippen molar-refractivity contribution >= 4 is 11.8 Å². The number of nitrogens with zero attached hydrogens (tertiary/aromatic N) is 1. The molecular weight excluding hydrogens is 168 g/mol. The summed E-state index contributed by atoms with van der Waals surface area (Å²) >= 11 is 0. The third-order valence-electron chi connectivity index (χ3n) is 2.06. The number of anilines is 1. The number of nitrogens with one attached hydrogen (secondary N) is 1. The maximum absolute atomic E-state index is 11.1. The molecular formula is C9H10N2O2. The van der Waals surface area contributed by atoms with Gasteiger partial charge in [0.2, 0.25) is 0 Å². The number of carbonyl (C=O) groups is 1. The highest BCUT2D eigenvalue weighted by Crippen LogP contribution is 2.19. The number of rotatable bonds is 1. The van der Waals surface area contributed by atoms with Crippen molar-refractivity contribution in [3.05, 3.63) is 23.4 Å². The first-order valence-corrected chi connectivity index (χ1v) is 4.13. The van der Waals surface area contributed by atoms with E-state index in [1.165, 1.54) is 7.11 Å². The van der Waals surface area contributed by atoms with Gasteiger partial charge in [0.25, 0.3) is 0 Å². The van der Waals surface area contributed by atoms with Gasteiger partial charge in [0.15, 0.2) is 5.69 Å². The van der Waals surface area contributed by atoms with Crippen molar-refractivity contribution < 1.29 is 9.53 Å². The Labute approximate surface area is 75.9 Å². The van der Waals surface area contributed by atoms with Crippen LogP contribution in [-0.4, -0.2) is 24.6 Å². The fourth-order valence-corrected chi connectivity index (χ4v) is 1.38. The zero-order valence-corrected chi connectivity index (χ0v) is 7.33. The predicted octanol–water partition coefficient (Wildman–Crippen LogP) is 0.836. The van der Waals surface area contributed by atoms with Gasteiger partial charge in [-0.1, -0.05) is 6.07 Å². The number of carbonyl (C=O) groups excluding carboxylic acids is 1. The molecule has 1 aromatic rings. The van der Waals surface area contributed by atoms with Crippen molar-refractivity contribution in [1.82, 2.24) is 4.98 Å². The van der Waals surface area contributed by atoms with Crippen LogP contribution in [0.1, 0.15) is 16.1 Å². The first-order chi connectivity index (χ1) is 6.31. The Balaban J connectivity index is 2.36. The molecule has 0 fully saturated rings. The minimum atomic E-state index is -0.392. The van der Waals surface area contributed by atoms with Gasteiger partial charge in [-0.25, -0.2) is 9.78 Å². The van der Waals surface area contributed by atoms with Gasteiger partial charge < -0.3 is 10.1 Å². The minimum Gasteiger partial charge on any atom is -0.464 e. The number of hydrogen-bond donors (Lipinski definition) is 1. The number of ether oxygens (including phenoxy) is 1. The molecule has 0 atom stereocenters. The van der Waals surface area contributed by atoms with Gasteiger partial charge in [0.1, 0.15) is 5.82 Å². The lowest BCUT2D eigenvalue weighted by molar-refractivity contribution is 0.0594. The second-order valence-corrected chi connectivity index (χ2v) is 2.87. The fourth-order valence-electron chi connectivity index (χ4n) is 1.38. The summed E-state index contributed by atoms with van der Waals surface area (Å²) in [6.07, 6.45) is 0.976. The Morgan fingerprint density at radius 3 is 3.23 bits per heavy atom. The first kappa shape index (κ1) is 8.04. The monoisotopic (exact) mass is 178 g/mol. The molecule has 4 nitrogen and oxygen atoms in total. The molecule has 68 valence electrons. The minimum absolute atomic E-state index is 0.357. The number of methoxy groups -OCH3 is 1. The van der Waals surface area contributed by atoms with Gasteiger partial charge in [0.05, 0.1) is 7.11 Å². The molecule has 1 N–H and O–H groups in total. The molecule has 0 spiro atoms. The lowest BCUT2D eigenvalue weighted by Gasteiger charge is -2.01. The smallest absolute Gasteiger partial charge is 0.356 e. The van der Waals surface area contributed by atoms with Gasteiger partial charge in [-0.05, 0) is 18.1 Å². The molecule has 1 aliphatic heterocycles. The fraction of sp³-hybridized carbons (Fsp3) is 0.333. The summed E-state index contributed by atoms with van der Waals surface area (Å²) in [5.74, 6) is 0.416. The van der Waals surface area contributed by atoms with E-state index in [1.807, 2.05) is 6.07 Å². The van der Waals surface area contributed by atoms with E-state index >= 15 is 0 Å². The highest BCUT2D eigenvalue weighted by molar-refractivity contribution is 5.87. The Morgan fingerprint density at radius 1 is 1.62 bits per heavy atom. The number of fused-ring (bicyclic) bond motifs is 1. The van der Waals surface area contributed by atoms with Crippen LogP contribution < -0.4 is 5.32 Å². The zero-order chi connectivity index (χ0) is 9.26. The van der Waals surface area contributed by atoms with E-state index in [-0.39, 0.29) is 0 Å². The van der Waals surface area contributed by atoms with E-state index in [2.05, 4.69) is 15.0 Å². The van der Waals surface area contributed by atoms with E-state index in [1.54, 1.807) is 6.07 Å². The molecule has 0 aromatic carbocycles. The van der Waals surface area contributed by atoms with Crippen molar-refractivity contribution in [2.45, 2.75) is 6.42 Å². The van der Waals surface area contributed by atoms with Crippen LogP contribution in [0.2, 0.25) is 0 Å². The zero-order valence-electron chi connectivity index (χ0n) is 7.33. The van der Waals surface area contributed by atoms with Crippen molar-refractivity contribution in [2.75, 3.05) is 19.0 Å². The van der Waals surface area contributed by atoms with Crippen LogP contribution in [0.3, 0.4) is 0 Å². The molecule has 0 aliphatic carbocycles. The Hall–Kier alpha value is -1.58. The molecule has 0 radical (unpaired) electrons. The van der Waals surface area contributed by atoms with Gasteiger partial charge in [-0.15, -0.1) is 0 Å². The van der Waals surface area contributed by atoms with Gasteiger partial charge >= 0.3 is 5.97 Å². The number of esters is 1. The molecule has 0 unspecified atom stereocenters. The van der Waals surface area contributed by atoms with Crippen molar-refractivity contribution in [2.24, 2.45) is 0 Å². The third kappa shape index (κ3) is 1.35. The van der Waals surface area contributed by atoms with E-state index in [0.29, 0.717) is 5.69 Å². The Morgan fingerprint density at radius 2 is 2.46 bits per heavy atom. The summed E-state index contributed by atoms with van der Waals surface area (Å²) in [7, 11) is 1.35. The predicted molar refractivity (Wildman–Crippen MR) is 47.8 cm³/mol. The lowest BCUT2D eigenvalue weighted by Crippen LogP contribution is -2.05. The van der Waals surface area contributed by atoms with Crippen LogP contribution in [0.15, 0.2) is 12.1 Å². The molecule has 2 rings (SSSR count). The lowest BCUT2D eigenvalue weighted by atomic mass is 10.2. The highest BCUT2D eigenvalue weighted by Gasteiger charge is 2.14. The van der Waals surface area contributed by atoms with Gasteiger partial charge in [-0.3, -0.25) is 0 Å². The molecule has 0 saturated heterocycles. The van der Waals surface area contributed by atoms with Crippen LogP contribution in [-0.2, 0) is 11.2 Å². The second-order valence-electron chi connectivity index (χ2n) is 2.87. The maximum Gasteiger partial charge on any atom is 0.356 e. The molecule has 13 heavy (non-hydrogen) atoms. The Bertz CT molecular complexity index is 349. The number of hydrogen-bond acceptors (Lipinski definition) is 4. The van der Waals surface area contributed by atoms with E-state index in [9.17, 15) is 4.79 Å². The van der Waals surface area contributed by atoms with Gasteiger partial charge in [0, 0.05) is 6.54 Å². The average Bonchev–Trinajstić information content (AvgIpc) is 2.63. The molecule has 1 aromatic heterocycles. The quantitative estimate of drug-likeness (QED) is 0.647. The maximum atomic E-state index is 11.1. The summed E-state index contributed by atoms with van der Waals surface area (Å²) in [5, 5.41) is 3.10. The molecule has 0 bridgehead atoms. The summed E-state index contributed by atoms with van der Waals surface area (Å²) in [6.45, 7) is 0.896. The van der Waals surface area contributed by atoms with Crippen LogP contribution in [0, 0.1) is 0 Å². The van der Waals surface area contributed by atoms with Crippen LogP contribution in [0.25, 0.3) is 0 Å². The van der Waals surface area contributed by atoms with Crippen LogP contribution in [0.5, 0.6) is 0 Å². The topological polar surface area (TPSA) is 51.2 Å². The number of pyridine rings is 1. The van der Waals surface area contributed by atoms with E-state index in [0.717, 1.165) is 24.3 Å². The summed E-state index contributed by atoms with van der Waals surface area (Å²) in [5.41, 5.74) is 1.52. The van der Waals surface area contributed by atoms with Crippen molar-refractivity contribution in [3.8, 4) is 0 Å². The highest BCUT2D eigenvalue weighted by atomic mass is 16.5. The summed E-state index contributed by atoms with van der Waals surface area (Å²) < 4.78 is 4.57. The molecule has 4 heteroatoms.